The average Bonchev–Trinajstić information content (AvgIpc) is 2.59. The minimum absolute atomic E-state index is 0. The fourth-order valence-corrected chi connectivity index (χ4v) is 1.65. The molecule has 1 radical (unpaired) electrons. The van der Waals surface area contributed by atoms with Gasteiger partial charge in [0.1, 0.15) is 11.5 Å². The summed E-state index contributed by atoms with van der Waals surface area (Å²) in [6.45, 7) is 1.19. The third-order valence-electron chi connectivity index (χ3n) is 2.83. The Labute approximate surface area is 179 Å². The first-order valence-corrected chi connectivity index (χ1v) is 7.69. The minimum Gasteiger partial charge on any atom is -0.508 e. The fraction of sp³-hybridized carbons (Fsp3) is 0.222. The number of hydrogen-bond donors (Lipinski definition) is 6. The second-order valence-electron chi connectivity index (χ2n) is 4.98. The van der Waals surface area contributed by atoms with Gasteiger partial charge in [-0.3, -0.25) is 9.59 Å². The van der Waals surface area contributed by atoms with Crippen LogP contribution in [0.4, 0.5) is 0 Å². The van der Waals surface area contributed by atoms with Crippen LogP contribution in [0.15, 0.2) is 48.5 Å². The zero-order valence-electron chi connectivity index (χ0n) is 15.2. The van der Waals surface area contributed by atoms with E-state index in [1.54, 1.807) is 36.4 Å². The fourth-order valence-electron chi connectivity index (χ4n) is 1.65. The first-order valence-electron chi connectivity index (χ1n) is 7.69. The maximum atomic E-state index is 10.2. The Morgan fingerprint density at radius 1 is 0.704 bits per heavy atom. The van der Waals surface area contributed by atoms with Crippen LogP contribution in [0.1, 0.15) is 11.1 Å². The predicted molar refractivity (Wildman–Crippen MR) is 103 cm³/mol. The molecule has 0 aliphatic heterocycles. The van der Waals surface area contributed by atoms with Gasteiger partial charge >= 0.3 is 11.9 Å². The SMILES string of the molecule is NCCN.O=C(O)Cc1ccccc1O.O=C(O)Cc1ccccc1O.[Na]. The van der Waals surface area contributed by atoms with Crippen molar-refractivity contribution < 1.29 is 30.0 Å². The molecule has 2 aromatic carbocycles. The molecule has 143 valence electrons. The van der Waals surface area contributed by atoms with Crippen LogP contribution in [0.5, 0.6) is 11.5 Å². The van der Waals surface area contributed by atoms with Gasteiger partial charge in [0, 0.05) is 53.8 Å². The Morgan fingerprint density at radius 2 is 1.00 bits per heavy atom. The van der Waals surface area contributed by atoms with E-state index in [0.29, 0.717) is 24.2 Å². The predicted octanol–water partition coefficient (Wildman–Crippen LogP) is 0.562. The van der Waals surface area contributed by atoms with Crippen LogP contribution in [0.3, 0.4) is 0 Å². The molecule has 0 bridgehead atoms. The summed E-state index contributed by atoms with van der Waals surface area (Å²) in [5.41, 5.74) is 10.7. The summed E-state index contributed by atoms with van der Waals surface area (Å²) >= 11 is 0. The molecule has 27 heavy (non-hydrogen) atoms. The van der Waals surface area contributed by atoms with Gasteiger partial charge in [0.25, 0.3) is 0 Å². The summed E-state index contributed by atoms with van der Waals surface area (Å²) in [5, 5.41) is 35.0. The number of carbonyl (C=O) groups is 2. The summed E-state index contributed by atoms with van der Waals surface area (Å²) < 4.78 is 0. The van der Waals surface area contributed by atoms with E-state index in [9.17, 15) is 9.59 Å². The number of aromatic hydroxyl groups is 2. The smallest absolute Gasteiger partial charge is 0.307 e. The second kappa shape index (κ2) is 16.1. The van der Waals surface area contributed by atoms with E-state index < -0.39 is 11.9 Å². The third kappa shape index (κ3) is 13.7. The van der Waals surface area contributed by atoms with E-state index in [4.69, 9.17) is 31.9 Å². The van der Waals surface area contributed by atoms with Gasteiger partial charge in [-0.1, -0.05) is 36.4 Å². The Bertz CT molecular complexity index is 638. The largest absolute Gasteiger partial charge is 0.508 e. The van der Waals surface area contributed by atoms with Crippen LogP contribution in [0, 0.1) is 0 Å². The molecule has 0 unspecified atom stereocenters. The van der Waals surface area contributed by atoms with Gasteiger partial charge in [0.05, 0.1) is 12.8 Å². The number of para-hydroxylation sites is 2. The molecular formula is C18H24N2NaO6. The molecule has 0 spiro atoms. The molecule has 0 aliphatic carbocycles. The van der Waals surface area contributed by atoms with Crippen LogP contribution < -0.4 is 11.5 Å². The Morgan fingerprint density at radius 3 is 1.22 bits per heavy atom. The van der Waals surface area contributed by atoms with E-state index >= 15 is 0 Å². The van der Waals surface area contributed by atoms with E-state index in [1.165, 1.54) is 12.1 Å². The molecule has 0 aromatic heterocycles. The van der Waals surface area contributed by atoms with Crippen LogP contribution in [-0.2, 0) is 22.4 Å². The molecule has 0 amide bonds. The van der Waals surface area contributed by atoms with Crippen molar-refractivity contribution in [2.75, 3.05) is 13.1 Å². The standard InChI is InChI=1S/2C8H8O3.C2H8N2.Na/c2*9-7-4-2-1-3-6(7)5-8(10)11;3-1-2-4;/h2*1-4,9H,5H2,(H,10,11);1-4H2;. The van der Waals surface area contributed by atoms with Crippen molar-refractivity contribution in [3.63, 3.8) is 0 Å². The number of aliphatic carboxylic acids is 2. The normalized spacial score (nSPS) is 8.81. The molecule has 8 N–H and O–H groups in total. The molecule has 8 nitrogen and oxygen atoms in total. The quantitative estimate of drug-likeness (QED) is 0.405. The van der Waals surface area contributed by atoms with Crippen molar-refractivity contribution in [1.82, 2.24) is 0 Å². The number of carboxylic acid groups (broad SMARTS) is 2. The average molecular weight is 387 g/mol. The van der Waals surface area contributed by atoms with E-state index in [2.05, 4.69) is 0 Å². The van der Waals surface area contributed by atoms with Gasteiger partial charge < -0.3 is 31.9 Å². The maximum Gasteiger partial charge on any atom is 0.307 e. The van der Waals surface area contributed by atoms with Crippen molar-refractivity contribution in [3.8, 4) is 11.5 Å². The summed E-state index contributed by atoms with van der Waals surface area (Å²) in [6.07, 6.45) is -0.265. The third-order valence-corrected chi connectivity index (χ3v) is 2.83. The molecule has 0 saturated carbocycles. The number of rotatable bonds is 5. The maximum absolute atomic E-state index is 10.2. The van der Waals surface area contributed by atoms with Crippen LogP contribution in [-0.4, -0.2) is 75.0 Å². The van der Waals surface area contributed by atoms with Gasteiger partial charge in [-0.15, -0.1) is 0 Å². The molecular weight excluding hydrogens is 363 g/mol. The van der Waals surface area contributed by atoms with Gasteiger partial charge in [0.2, 0.25) is 0 Å². The molecule has 0 atom stereocenters. The zero-order chi connectivity index (χ0) is 19.9. The summed E-state index contributed by atoms with van der Waals surface area (Å²) in [4.78, 5) is 20.4. The zero-order valence-corrected chi connectivity index (χ0v) is 17.2. The number of hydrogen-bond acceptors (Lipinski definition) is 6. The van der Waals surface area contributed by atoms with Gasteiger partial charge in [-0.05, 0) is 12.1 Å². The molecule has 0 aliphatic rings. The van der Waals surface area contributed by atoms with Crippen molar-refractivity contribution >= 4 is 41.5 Å². The van der Waals surface area contributed by atoms with Crippen molar-refractivity contribution in [2.24, 2.45) is 11.5 Å². The van der Waals surface area contributed by atoms with Crippen molar-refractivity contribution in [2.45, 2.75) is 12.8 Å². The molecule has 0 fully saturated rings. The second-order valence-corrected chi connectivity index (χ2v) is 4.98. The van der Waals surface area contributed by atoms with Gasteiger partial charge in [-0.25, -0.2) is 0 Å². The van der Waals surface area contributed by atoms with Gasteiger partial charge in [-0.2, -0.15) is 0 Å². The number of phenolic OH excluding ortho intramolecular Hbond substituents is 2. The van der Waals surface area contributed by atoms with Crippen LogP contribution in [0.25, 0.3) is 0 Å². The molecule has 2 rings (SSSR count). The minimum atomic E-state index is -0.938. The van der Waals surface area contributed by atoms with Crippen molar-refractivity contribution in [3.05, 3.63) is 59.7 Å². The summed E-state index contributed by atoms with van der Waals surface area (Å²) in [6, 6.07) is 12.8. The van der Waals surface area contributed by atoms with E-state index in [0.717, 1.165) is 0 Å². The summed E-state index contributed by atoms with van der Waals surface area (Å²) in [5.74, 6) is -1.80. The van der Waals surface area contributed by atoms with E-state index in [-0.39, 0.29) is 53.9 Å². The molecule has 2 aromatic rings. The first-order chi connectivity index (χ1) is 12.3. The number of carboxylic acids is 2. The number of benzene rings is 2. The Kier molecular flexibility index (Phi) is 16.2. The van der Waals surface area contributed by atoms with E-state index in [1.807, 2.05) is 0 Å². The van der Waals surface area contributed by atoms with Crippen LogP contribution >= 0.6 is 0 Å². The molecule has 9 heteroatoms. The van der Waals surface area contributed by atoms with Crippen molar-refractivity contribution in [1.29, 1.82) is 0 Å². The molecule has 0 saturated heterocycles. The number of phenols is 2. The number of nitrogens with two attached hydrogens (primary N) is 2. The first kappa shape index (κ1) is 27.1. The Hall–Kier alpha value is -2.10. The Balaban J connectivity index is 0. The van der Waals surface area contributed by atoms with Crippen LogP contribution in [0.2, 0.25) is 0 Å². The molecule has 0 heterocycles. The summed E-state index contributed by atoms with van der Waals surface area (Å²) in [7, 11) is 0. The topological polar surface area (TPSA) is 167 Å². The monoisotopic (exact) mass is 387 g/mol. The van der Waals surface area contributed by atoms with Gasteiger partial charge in [0.15, 0.2) is 0 Å².